The maximum Gasteiger partial charge on any atom is 0.361 e. The number of hydrogen-bond donors (Lipinski definition) is 2. The van der Waals surface area contributed by atoms with Gasteiger partial charge in [-0.2, -0.15) is 0 Å². The molecule has 0 aliphatic rings. The van der Waals surface area contributed by atoms with Crippen LogP contribution in [0.15, 0.2) is 17.1 Å². The third kappa shape index (κ3) is 1.38. The van der Waals surface area contributed by atoms with Crippen molar-refractivity contribution in [2.75, 3.05) is 0 Å². The van der Waals surface area contributed by atoms with Crippen molar-refractivity contribution in [3.05, 3.63) is 16.9 Å². The average Bonchev–Trinajstić information content (AvgIpc) is 1.69. The first-order chi connectivity index (χ1) is 3.72. The number of aliphatic hydroxyl groups is 1. The molecule has 0 aliphatic heterocycles. The highest BCUT2D eigenvalue weighted by molar-refractivity contribution is 5.85. The average molecular weight is 117 g/mol. The van der Waals surface area contributed by atoms with E-state index in [-0.39, 0.29) is 6.26 Å². The summed E-state index contributed by atoms with van der Waals surface area (Å²) in [7, 11) is 0. The van der Waals surface area contributed by atoms with Crippen LogP contribution in [0.2, 0.25) is 0 Å². The Balaban J connectivity index is 4.13. The van der Waals surface area contributed by atoms with E-state index in [4.69, 9.17) is 10.2 Å². The quantitative estimate of drug-likeness (QED) is 0.308. The van der Waals surface area contributed by atoms with E-state index in [2.05, 4.69) is 0 Å². The monoisotopic (exact) mass is 117 g/mol. The number of carbonyl (C=O) groups is 1. The summed E-state index contributed by atoms with van der Waals surface area (Å²) < 4.78 is 0. The zero-order valence-electron chi connectivity index (χ0n) is 3.74. The van der Waals surface area contributed by atoms with E-state index in [9.17, 15) is 9.70 Å². The highest BCUT2D eigenvalue weighted by atomic mass is 16.4. The highest BCUT2D eigenvalue weighted by Crippen LogP contribution is 1.91. The molecule has 0 atom stereocenters. The molecule has 0 aromatic rings. The highest BCUT2D eigenvalue weighted by Gasteiger charge is 2.04. The van der Waals surface area contributed by atoms with Crippen LogP contribution in [0, 0.1) is 4.91 Å². The minimum Gasteiger partial charge on any atom is -0.513 e. The molecule has 2 N–H and O–H groups in total. The molecule has 0 saturated carbocycles. The van der Waals surface area contributed by atoms with Crippen LogP contribution in [0.4, 0.5) is 0 Å². The van der Waals surface area contributed by atoms with Crippen molar-refractivity contribution in [1.29, 1.82) is 0 Å². The van der Waals surface area contributed by atoms with Crippen LogP contribution in [-0.2, 0) is 4.79 Å². The van der Waals surface area contributed by atoms with Gasteiger partial charge in [-0.05, 0) is 5.18 Å². The predicted octanol–water partition coefficient (Wildman–Crippen LogP) is 0.237. The molecule has 0 heterocycles. The van der Waals surface area contributed by atoms with Gasteiger partial charge in [-0.3, -0.25) is 0 Å². The first kappa shape index (κ1) is 6.61. The molecule has 0 amide bonds. The molecule has 0 fully saturated rings. The third-order valence-electron chi connectivity index (χ3n) is 0.440. The van der Waals surface area contributed by atoms with Crippen LogP contribution in [0.5, 0.6) is 0 Å². The van der Waals surface area contributed by atoms with Gasteiger partial charge in [-0.1, -0.05) is 0 Å². The lowest BCUT2D eigenvalue weighted by Crippen LogP contribution is -1.95. The number of nitrogens with zero attached hydrogens (tertiary/aromatic N) is 1. The Labute approximate surface area is 44.2 Å². The fourth-order valence-electron chi connectivity index (χ4n) is 0.118. The van der Waals surface area contributed by atoms with Crippen LogP contribution < -0.4 is 0 Å². The lowest BCUT2D eigenvalue weighted by Gasteiger charge is -1.80. The third-order valence-corrected chi connectivity index (χ3v) is 0.440. The molecule has 0 aliphatic carbocycles. The largest absolute Gasteiger partial charge is 0.513 e. The Morgan fingerprint density at radius 2 is 2.12 bits per heavy atom. The van der Waals surface area contributed by atoms with Gasteiger partial charge in [0.25, 0.3) is 0 Å². The summed E-state index contributed by atoms with van der Waals surface area (Å²) in [5, 5.41) is 17.7. The fraction of sp³-hybridized carbons (Fsp3) is 0. The Morgan fingerprint density at radius 1 is 1.62 bits per heavy atom. The van der Waals surface area contributed by atoms with Gasteiger partial charge in [-0.15, -0.1) is 4.91 Å². The van der Waals surface area contributed by atoms with E-state index < -0.39 is 11.7 Å². The van der Waals surface area contributed by atoms with E-state index in [0.717, 1.165) is 0 Å². The van der Waals surface area contributed by atoms with E-state index in [1.807, 2.05) is 5.18 Å². The topological polar surface area (TPSA) is 87.0 Å². The molecule has 5 nitrogen and oxygen atoms in total. The van der Waals surface area contributed by atoms with Crippen LogP contribution in [0.3, 0.4) is 0 Å². The summed E-state index contributed by atoms with van der Waals surface area (Å²) in [4.78, 5) is 19.0. The molecule has 0 aromatic carbocycles. The summed E-state index contributed by atoms with van der Waals surface area (Å²) in [6.45, 7) is 0. The second kappa shape index (κ2) is 2.73. The normalized spacial score (nSPS) is 10.8. The maximum atomic E-state index is 9.64. The molecule has 0 radical (unpaired) electrons. The number of rotatable bonds is 2. The van der Waals surface area contributed by atoms with Gasteiger partial charge in [0.1, 0.15) is 6.26 Å². The summed E-state index contributed by atoms with van der Waals surface area (Å²) >= 11 is 0. The number of hydrogen-bond acceptors (Lipinski definition) is 4. The molecule has 0 spiro atoms. The van der Waals surface area contributed by atoms with Crippen molar-refractivity contribution in [3.8, 4) is 0 Å². The van der Waals surface area contributed by atoms with Gasteiger partial charge in [0.15, 0.2) is 0 Å². The number of carboxylic acid groups (broad SMARTS) is 1. The van der Waals surface area contributed by atoms with Gasteiger partial charge in [-0.25, -0.2) is 4.79 Å². The number of aliphatic carboxylic acids is 1. The standard InChI is InChI=1S/C3H3NO4/c5-1-2(4-8)3(6)7/h1,5H,(H,6,7). The molecule has 0 rings (SSSR count). The van der Waals surface area contributed by atoms with Crippen molar-refractivity contribution in [2.24, 2.45) is 5.18 Å². The van der Waals surface area contributed by atoms with Crippen molar-refractivity contribution < 1.29 is 15.0 Å². The smallest absolute Gasteiger partial charge is 0.361 e. The molecule has 5 heteroatoms. The fourth-order valence-corrected chi connectivity index (χ4v) is 0.118. The Morgan fingerprint density at radius 3 is 2.12 bits per heavy atom. The molecule has 0 unspecified atom stereocenters. The predicted molar refractivity (Wildman–Crippen MR) is 24.1 cm³/mol. The van der Waals surface area contributed by atoms with Crippen molar-refractivity contribution in [2.45, 2.75) is 0 Å². The Kier molecular flexibility index (Phi) is 2.25. The lowest BCUT2D eigenvalue weighted by atomic mass is 10.5. The van der Waals surface area contributed by atoms with Crippen LogP contribution in [0.1, 0.15) is 0 Å². The molecular weight excluding hydrogens is 114 g/mol. The maximum absolute atomic E-state index is 9.64. The summed E-state index contributed by atoms with van der Waals surface area (Å²) in [5.41, 5.74) is -0.898. The molecule has 0 saturated heterocycles. The Hall–Kier alpha value is -1.39. The van der Waals surface area contributed by atoms with Crippen LogP contribution >= 0.6 is 0 Å². The molecule has 8 heavy (non-hydrogen) atoms. The minimum absolute atomic E-state index is 0.134. The summed E-state index contributed by atoms with van der Waals surface area (Å²) in [5.74, 6) is -1.54. The SMILES string of the molecule is O=NC(=CO)C(=O)O. The number of nitroso groups, excluding NO2 is 1. The summed E-state index contributed by atoms with van der Waals surface area (Å²) in [6, 6.07) is 0. The van der Waals surface area contributed by atoms with E-state index in [0.29, 0.717) is 0 Å². The van der Waals surface area contributed by atoms with E-state index >= 15 is 0 Å². The van der Waals surface area contributed by atoms with E-state index in [1.165, 1.54) is 0 Å². The van der Waals surface area contributed by atoms with Gasteiger partial charge in [0, 0.05) is 0 Å². The van der Waals surface area contributed by atoms with Gasteiger partial charge in [0.2, 0.25) is 5.70 Å². The van der Waals surface area contributed by atoms with E-state index in [1.54, 1.807) is 0 Å². The van der Waals surface area contributed by atoms with Gasteiger partial charge >= 0.3 is 5.97 Å². The first-order valence-electron chi connectivity index (χ1n) is 1.63. The van der Waals surface area contributed by atoms with Gasteiger partial charge in [0.05, 0.1) is 0 Å². The van der Waals surface area contributed by atoms with Crippen LogP contribution in [0.25, 0.3) is 0 Å². The van der Waals surface area contributed by atoms with Crippen molar-refractivity contribution in [3.63, 3.8) is 0 Å². The zero-order valence-corrected chi connectivity index (χ0v) is 3.74. The number of carboxylic acids is 1. The zero-order chi connectivity index (χ0) is 6.57. The molecule has 0 bridgehead atoms. The lowest BCUT2D eigenvalue weighted by molar-refractivity contribution is -0.132. The second-order valence-electron chi connectivity index (χ2n) is 0.911. The minimum atomic E-state index is -1.54. The van der Waals surface area contributed by atoms with Gasteiger partial charge < -0.3 is 10.2 Å². The summed E-state index contributed by atoms with van der Waals surface area (Å²) in [6.07, 6.45) is 0.134. The second-order valence-corrected chi connectivity index (χ2v) is 0.911. The van der Waals surface area contributed by atoms with Crippen LogP contribution in [-0.4, -0.2) is 16.2 Å². The molecular formula is C3H3NO4. The molecule has 0 aromatic heterocycles. The Bertz CT molecular complexity index is 138. The first-order valence-corrected chi connectivity index (χ1v) is 1.63. The van der Waals surface area contributed by atoms with Crippen molar-refractivity contribution >= 4 is 5.97 Å². The molecule has 44 valence electrons. The van der Waals surface area contributed by atoms with Crippen molar-refractivity contribution in [1.82, 2.24) is 0 Å². The number of aliphatic hydroxyl groups excluding tert-OH is 1.